The minimum absolute atomic E-state index is 0.0599. The van der Waals surface area contributed by atoms with Crippen LogP contribution in [0.2, 0.25) is 0 Å². The highest BCUT2D eigenvalue weighted by Gasteiger charge is 2.34. The Balaban J connectivity index is 1.89. The van der Waals surface area contributed by atoms with Crippen LogP contribution in [0.3, 0.4) is 0 Å². The van der Waals surface area contributed by atoms with Gasteiger partial charge in [-0.2, -0.15) is 13.2 Å². The van der Waals surface area contributed by atoms with Gasteiger partial charge < -0.3 is 0 Å². The molecule has 0 aliphatic heterocycles. The highest BCUT2D eigenvalue weighted by Crippen LogP contribution is 2.36. The zero-order valence-electron chi connectivity index (χ0n) is 14.9. The van der Waals surface area contributed by atoms with Gasteiger partial charge in [-0.1, -0.05) is 55.5 Å². The Morgan fingerprint density at radius 1 is 0.750 bits per heavy atom. The van der Waals surface area contributed by atoms with Crippen LogP contribution in [0.1, 0.15) is 18.1 Å². The fourth-order valence-corrected chi connectivity index (χ4v) is 3.51. The topological polar surface area (TPSA) is 0 Å². The maximum absolute atomic E-state index is 15.1. The summed E-state index contributed by atoms with van der Waals surface area (Å²) in [5.74, 6) is -2.01. The molecule has 4 aromatic rings. The van der Waals surface area contributed by atoms with Crippen molar-refractivity contribution in [3.8, 4) is 11.1 Å². The van der Waals surface area contributed by atoms with Crippen LogP contribution in [-0.2, 0) is 12.6 Å². The molecule has 4 aromatic carbocycles. The van der Waals surface area contributed by atoms with Crippen molar-refractivity contribution in [2.75, 3.05) is 0 Å². The number of aryl methyl sites for hydroxylation is 1. The molecule has 0 fully saturated rings. The average Bonchev–Trinajstić information content (AvgIpc) is 2.66. The van der Waals surface area contributed by atoms with Crippen LogP contribution >= 0.6 is 0 Å². The Bertz CT molecular complexity index is 1210. The Labute approximate surface area is 158 Å². The smallest absolute Gasteiger partial charge is 0.206 e. The molecule has 4 rings (SSSR count). The lowest BCUT2D eigenvalue weighted by atomic mass is 9.95. The van der Waals surface area contributed by atoms with Gasteiger partial charge in [0.25, 0.3) is 0 Å². The molecule has 0 radical (unpaired) electrons. The second-order valence-corrected chi connectivity index (χ2v) is 6.69. The Hall–Kier alpha value is -2.95. The molecule has 0 bridgehead atoms. The predicted molar refractivity (Wildman–Crippen MR) is 101 cm³/mol. The van der Waals surface area contributed by atoms with Gasteiger partial charge in [0, 0.05) is 10.9 Å². The molecule has 0 N–H and O–H groups in total. The van der Waals surface area contributed by atoms with Gasteiger partial charge in [-0.05, 0) is 45.8 Å². The minimum Gasteiger partial charge on any atom is -0.206 e. The number of hydrogen-bond acceptors (Lipinski definition) is 0. The van der Waals surface area contributed by atoms with Crippen molar-refractivity contribution in [2.45, 2.75) is 19.5 Å². The third kappa shape index (κ3) is 3.01. The van der Waals surface area contributed by atoms with Crippen molar-refractivity contribution in [3.63, 3.8) is 0 Å². The SMILES string of the molecule is CCc1ccc2c(ccc3c(F)c(-c4ccc(C(F)(F)F)c(F)c4)ccc32)c1. The predicted octanol–water partition coefficient (Wildman–Crippen LogP) is 7.52. The first kappa shape index (κ1) is 18.4. The van der Waals surface area contributed by atoms with Crippen molar-refractivity contribution < 1.29 is 22.0 Å². The Morgan fingerprint density at radius 3 is 2.14 bits per heavy atom. The third-order valence-corrected chi connectivity index (χ3v) is 5.01. The van der Waals surface area contributed by atoms with Crippen LogP contribution in [-0.4, -0.2) is 0 Å². The van der Waals surface area contributed by atoms with Crippen LogP contribution < -0.4 is 0 Å². The Kier molecular flexibility index (Phi) is 4.33. The number of hydrogen-bond donors (Lipinski definition) is 0. The highest BCUT2D eigenvalue weighted by atomic mass is 19.4. The summed E-state index contributed by atoms with van der Waals surface area (Å²) < 4.78 is 67.3. The van der Waals surface area contributed by atoms with Crippen LogP contribution in [0.15, 0.2) is 60.7 Å². The standard InChI is InChI=1S/C23H15F5/c1-2-13-3-6-16-14(11-13)4-7-19-18(16)9-8-17(22(19)25)15-5-10-20(21(24)12-15)23(26,27)28/h3-12H,2H2,1H3. The summed E-state index contributed by atoms with van der Waals surface area (Å²) >= 11 is 0. The number of benzene rings is 4. The number of halogens is 5. The molecule has 28 heavy (non-hydrogen) atoms. The summed E-state index contributed by atoms with van der Waals surface area (Å²) in [6.07, 6.45) is -3.90. The first-order chi connectivity index (χ1) is 13.3. The summed E-state index contributed by atoms with van der Waals surface area (Å²) in [6, 6.07) is 15.1. The highest BCUT2D eigenvalue weighted by molar-refractivity contribution is 6.08. The molecule has 0 aliphatic rings. The van der Waals surface area contributed by atoms with E-state index in [2.05, 4.69) is 6.92 Å². The molecular weight excluding hydrogens is 371 g/mol. The van der Waals surface area contributed by atoms with E-state index in [1.54, 1.807) is 12.1 Å². The summed E-state index contributed by atoms with van der Waals surface area (Å²) in [4.78, 5) is 0. The molecule has 0 heterocycles. The van der Waals surface area contributed by atoms with Gasteiger partial charge >= 0.3 is 6.18 Å². The van der Waals surface area contributed by atoms with Crippen molar-refractivity contribution in [1.82, 2.24) is 0 Å². The van der Waals surface area contributed by atoms with E-state index in [1.807, 2.05) is 24.3 Å². The fourth-order valence-electron chi connectivity index (χ4n) is 3.51. The van der Waals surface area contributed by atoms with Crippen molar-refractivity contribution in [3.05, 3.63) is 83.4 Å². The maximum atomic E-state index is 15.1. The zero-order valence-corrected chi connectivity index (χ0v) is 14.9. The van der Waals surface area contributed by atoms with Crippen LogP contribution in [0.25, 0.3) is 32.7 Å². The minimum atomic E-state index is -4.79. The van der Waals surface area contributed by atoms with Crippen LogP contribution in [0.4, 0.5) is 22.0 Å². The zero-order chi connectivity index (χ0) is 20.1. The number of rotatable bonds is 2. The molecule has 0 aromatic heterocycles. The maximum Gasteiger partial charge on any atom is 0.419 e. The normalized spacial score (nSPS) is 12.1. The molecular formula is C23H15F5. The lowest BCUT2D eigenvalue weighted by Crippen LogP contribution is -2.07. The van der Waals surface area contributed by atoms with Gasteiger partial charge in [0.05, 0.1) is 5.56 Å². The lowest BCUT2D eigenvalue weighted by molar-refractivity contribution is -0.139. The average molecular weight is 386 g/mol. The van der Waals surface area contributed by atoms with Crippen molar-refractivity contribution >= 4 is 21.5 Å². The second kappa shape index (κ2) is 6.59. The molecule has 0 aliphatic carbocycles. The molecule has 0 unspecified atom stereocenters. The van der Waals surface area contributed by atoms with E-state index in [-0.39, 0.29) is 11.1 Å². The third-order valence-electron chi connectivity index (χ3n) is 5.01. The number of fused-ring (bicyclic) bond motifs is 3. The molecule has 0 saturated heterocycles. The van der Waals surface area contributed by atoms with Gasteiger partial charge in [-0.15, -0.1) is 0 Å². The summed E-state index contributed by atoms with van der Waals surface area (Å²) in [6.45, 7) is 2.05. The van der Waals surface area contributed by atoms with Gasteiger partial charge in [0.15, 0.2) is 0 Å². The molecule has 0 amide bonds. The van der Waals surface area contributed by atoms with Crippen LogP contribution in [0, 0.1) is 11.6 Å². The first-order valence-electron chi connectivity index (χ1n) is 8.80. The fraction of sp³-hybridized carbons (Fsp3) is 0.130. The van der Waals surface area contributed by atoms with E-state index in [1.165, 1.54) is 11.6 Å². The molecule has 142 valence electrons. The van der Waals surface area contributed by atoms with E-state index in [4.69, 9.17) is 0 Å². The molecule has 0 spiro atoms. The molecule has 0 nitrogen and oxygen atoms in total. The molecule has 5 heteroatoms. The monoisotopic (exact) mass is 386 g/mol. The van der Waals surface area contributed by atoms with E-state index >= 15 is 4.39 Å². The van der Waals surface area contributed by atoms with E-state index < -0.39 is 23.4 Å². The summed E-state index contributed by atoms with van der Waals surface area (Å²) in [5, 5.41) is 2.92. The van der Waals surface area contributed by atoms with Gasteiger partial charge in [-0.25, -0.2) is 8.78 Å². The second-order valence-electron chi connectivity index (χ2n) is 6.69. The van der Waals surface area contributed by atoms with E-state index in [9.17, 15) is 17.6 Å². The van der Waals surface area contributed by atoms with Gasteiger partial charge in [-0.3, -0.25) is 0 Å². The van der Waals surface area contributed by atoms with Gasteiger partial charge in [0.2, 0.25) is 0 Å². The number of alkyl halides is 3. The summed E-state index contributed by atoms with van der Waals surface area (Å²) in [7, 11) is 0. The lowest BCUT2D eigenvalue weighted by Gasteiger charge is -2.12. The summed E-state index contributed by atoms with van der Waals surface area (Å²) in [5.41, 5.74) is -0.0738. The first-order valence-corrected chi connectivity index (χ1v) is 8.80. The Morgan fingerprint density at radius 2 is 1.46 bits per heavy atom. The molecule has 0 atom stereocenters. The van der Waals surface area contributed by atoms with E-state index in [0.717, 1.165) is 29.3 Å². The van der Waals surface area contributed by atoms with Crippen molar-refractivity contribution in [1.29, 1.82) is 0 Å². The van der Waals surface area contributed by atoms with E-state index in [0.29, 0.717) is 16.8 Å². The van der Waals surface area contributed by atoms with Crippen molar-refractivity contribution in [2.24, 2.45) is 0 Å². The quantitative estimate of drug-likeness (QED) is 0.247. The largest absolute Gasteiger partial charge is 0.419 e. The molecule has 0 saturated carbocycles. The van der Waals surface area contributed by atoms with Crippen LogP contribution in [0.5, 0.6) is 0 Å². The van der Waals surface area contributed by atoms with Gasteiger partial charge in [0.1, 0.15) is 11.6 Å².